The number of phenols is 1. The molecule has 0 unspecified atom stereocenters. The van der Waals surface area contributed by atoms with Crippen LogP contribution in [0, 0.1) is 5.92 Å². The predicted molar refractivity (Wildman–Crippen MR) is 256 cm³/mol. The van der Waals surface area contributed by atoms with Crippen molar-refractivity contribution in [3.8, 4) is 11.5 Å². The van der Waals surface area contributed by atoms with Gasteiger partial charge in [0.1, 0.15) is 18.1 Å². The summed E-state index contributed by atoms with van der Waals surface area (Å²) in [4.78, 5) is 55.7. The molecule has 0 spiro atoms. The van der Waals surface area contributed by atoms with Gasteiger partial charge < -0.3 is 47.1 Å². The Balaban J connectivity index is 1.01. The van der Waals surface area contributed by atoms with E-state index in [2.05, 4.69) is 16.0 Å². The van der Waals surface area contributed by atoms with E-state index in [1.54, 1.807) is 15.9 Å². The molecule has 15 heteroatoms. The molecule has 338 valence electrons. The largest absolute Gasteiger partial charge is 0.507 e. The number of nitrogens with one attached hydrogen (secondary N) is 3. The number of hydrogen-bond acceptors (Lipinski definition) is 8. The molecule has 4 atom stereocenters. The van der Waals surface area contributed by atoms with Crippen LogP contribution in [0.1, 0.15) is 74.5 Å². The summed E-state index contributed by atoms with van der Waals surface area (Å²) in [5.41, 5.74) is 16.3. The van der Waals surface area contributed by atoms with Gasteiger partial charge in [0.25, 0.3) is 0 Å². The summed E-state index contributed by atoms with van der Waals surface area (Å²) in [7, 11) is 0. The van der Waals surface area contributed by atoms with Crippen molar-refractivity contribution in [3.05, 3.63) is 102 Å². The van der Waals surface area contributed by atoms with Crippen LogP contribution in [0.4, 0.5) is 21.9 Å². The monoisotopic (exact) mass is 909 g/mol. The van der Waals surface area contributed by atoms with Crippen molar-refractivity contribution in [2.45, 2.75) is 76.5 Å². The Morgan fingerprint density at radius 2 is 1.36 bits per heavy atom. The lowest BCUT2D eigenvalue weighted by molar-refractivity contribution is -0.120. The van der Waals surface area contributed by atoms with Crippen molar-refractivity contribution in [2.75, 3.05) is 53.1 Å². The summed E-state index contributed by atoms with van der Waals surface area (Å²) in [5.74, 6) is 1.03. The predicted octanol–water partition coefficient (Wildman–Crippen LogP) is 7.81. The number of hydrogen-bond donors (Lipinski definition) is 6. The highest BCUT2D eigenvalue weighted by Crippen LogP contribution is 2.47. The van der Waals surface area contributed by atoms with Gasteiger partial charge in [-0.2, -0.15) is 0 Å². The Morgan fingerprint density at radius 1 is 0.797 bits per heavy atom. The minimum Gasteiger partial charge on any atom is -0.507 e. The second kappa shape index (κ2) is 20.9. The number of phenolic OH excluding ortho intramolecular Hbond substituents is 1. The molecule has 7 rings (SSSR count). The number of urea groups is 1. The van der Waals surface area contributed by atoms with Gasteiger partial charge in [-0.25, -0.2) is 4.79 Å². The van der Waals surface area contributed by atoms with Gasteiger partial charge in [0, 0.05) is 97.3 Å². The number of carbonyl (C=O) groups is 4. The molecule has 8 N–H and O–H groups in total. The summed E-state index contributed by atoms with van der Waals surface area (Å²) in [6, 6.07) is 25.3. The number of rotatable bonds is 19. The molecule has 2 aliphatic rings. The van der Waals surface area contributed by atoms with E-state index < -0.39 is 12.1 Å². The van der Waals surface area contributed by atoms with Crippen molar-refractivity contribution in [1.29, 1.82) is 0 Å². The van der Waals surface area contributed by atoms with Gasteiger partial charge >= 0.3 is 6.03 Å². The van der Waals surface area contributed by atoms with E-state index in [1.807, 2.05) is 92.7 Å². The molecule has 0 radical (unpaired) electrons. The minimum atomic E-state index is -0.608. The first-order valence-corrected chi connectivity index (χ1v) is 23.0. The molecule has 5 amide bonds. The second-order valence-corrected chi connectivity index (χ2v) is 17.7. The van der Waals surface area contributed by atoms with Crippen molar-refractivity contribution < 1.29 is 29.0 Å². The quantitative estimate of drug-likeness (QED) is 0.0357. The van der Waals surface area contributed by atoms with Gasteiger partial charge in [0.2, 0.25) is 17.7 Å². The Hall–Kier alpha value is -5.60. The Kier molecular flexibility index (Phi) is 15.2. The number of aromatic hydroxyl groups is 1. The third-order valence-corrected chi connectivity index (χ3v) is 13.1. The van der Waals surface area contributed by atoms with E-state index >= 15 is 0 Å². The van der Waals surface area contributed by atoms with Gasteiger partial charge in [-0.05, 0) is 64.8 Å². The summed E-state index contributed by atoms with van der Waals surface area (Å²) in [6.07, 6.45) is 1.68. The van der Waals surface area contributed by atoms with Crippen molar-refractivity contribution in [2.24, 2.45) is 17.4 Å². The zero-order valence-electron chi connectivity index (χ0n) is 36.2. The normalized spacial score (nSPS) is 16.5. The molecule has 0 bridgehead atoms. The number of anilines is 3. The molecule has 0 saturated heterocycles. The average Bonchev–Trinajstić information content (AvgIpc) is 3.87. The minimum absolute atomic E-state index is 0.0725. The highest BCUT2D eigenvalue weighted by atomic mass is 35.5. The molecule has 0 saturated carbocycles. The first-order valence-electron chi connectivity index (χ1n) is 22.0. The zero-order chi connectivity index (χ0) is 45.5. The number of halogens is 2. The van der Waals surface area contributed by atoms with Gasteiger partial charge in [-0.3, -0.25) is 14.4 Å². The Labute approximate surface area is 383 Å². The van der Waals surface area contributed by atoms with Gasteiger partial charge in [0.05, 0.1) is 17.4 Å². The molecule has 2 heterocycles. The molecule has 5 aromatic carbocycles. The summed E-state index contributed by atoms with van der Waals surface area (Å²) in [6.45, 7) is 5.93. The van der Waals surface area contributed by atoms with Crippen LogP contribution >= 0.6 is 23.2 Å². The lowest BCUT2D eigenvalue weighted by Crippen LogP contribution is -2.47. The van der Waals surface area contributed by atoms with Crippen LogP contribution in [0.15, 0.2) is 84.9 Å². The maximum Gasteiger partial charge on any atom is 0.312 e. The van der Waals surface area contributed by atoms with Gasteiger partial charge in [0.15, 0.2) is 0 Å². The van der Waals surface area contributed by atoms with Crippen LogP contribution in [0.25, 0.3) is 21.5 Å². The van der Waals surface area contributed by atoms with Crippen LogP contribution in [0.5, 0.6) is 11.5 Å². The molecule has 0 aliphatic carbocycles. The third-order valence-electron chi connectivity index (χ3n) is 12.4. The van der Waals surface area contributed by atoms with Crippen LogP contribution in [-0.4, -0.2) is 78.9 Å². The second-order valence-electron chi connectivity index (χ2n) is 17.1. The van der Waals surface area contributed by atoms with Crippen molar-refractivity contribution >= 4 is 85.6 Å². The highest BCUT2D eigenvalue weighted by Gasteiger charge is 2.36. The van der Waals surface area contributed by atoms with Crippen molar-refractivity contribution in [1.82, 2.24) is 10.6 Å². The number of primary amides is 1. The number of carbonyl (C=O) groups excluding carboxylic acids is 4. The first-order chi connectivity index (χ1) is 30.9. The van der Waals surface area contributed by atoms with E-state index in [0.29, 0.717) is 74.3 Å². The average molecular weight is 911 g/mol. The van der Waals surface area contributed by atoms with E-state index in [4.69, 9.17) is 39.4 Å². The van der Waals surface area contributed by atoms with Crippen molar-refractivity contribution in [3.63, 3.8) is 0 Å². The van der Waals surface area contributed by atoms with Crippen LogP contribution in [-0.2, 0) is 21.0 Å². The molecule has 0 aromatic heterocycles. The zero-order valence-corrected chi connectivity index (χ0v) is 37.8. The SMILES string of the molecule is CC(C)[C@H](N)CN[C@@H](CCCNC(N)=O)C(=O)Nc1ccc(COc2cc3c(c4ccccc24)[C@H](CCl)CN3C(=O)CCCC(=O)N2C[C@@H](CCl)c3c2cc(O)c2ccccc32)cc1. The maximum atomic E-state index is 14.0. The van der Waals surface area contributed by atoms with E-state index in [-0.39, 0.29) is 66.7 Å². The molecule has 0 fully saturated rings. The molecule has 2 aliphatic heterocycles. The van der Waals surface area contributed by atoms with Crippen LogP contribution in [0.2, 0.25) is 0 Å². The number of ether oxygens (including phenoxy) is 1. The summed E-state index contributed by atoms with van der Waals surface area (Å²) < 4.78 is 6.49. The number of amides is 5. The topological polar surface area (TPSA) is 192 Å². The maximum absolute atomic E-state index is 14.0. The van der Waals surface area contributed by atoms with E-state index in [0.717, 1.165) is 43.9 Å². The number of fused-ring (bicyclic) bond motifs is 6. The highest BCUT2D eigenvalue weighted by molar-refractivity contribution is 6.19. The fourth-order valence-electron chi connectivity index (χ4n) is 8.78. The van der Waals surface area contributed by atoms with Crippen LogP contribution in [0.3, 0.4) is 0 Å². The van der Waals surface area contributed by atoms with Crippen LogP contribution < -0.4 is 42.0 Å². The van der Waals surface area contributed by atoms with Gasteiger partial charge in [-0.1, -0.05) is 74.5 Å². The lowest BCUT2D eigenvalue weighted by Gasteiger charge is -2.22. The standard InChI is InChI=1S/C49H57Cl2N7O6/c1-29(2)38(52)25-55-39(13-8-20-54-49(53)63)48(62)56-33-18-16-30(17-19-33)28-64-43-22-41-47(37-12-6-4-10-35(37)43)32(24-51)27-58(41)45(61)15-7-14-44(60)57-26-31(23-50)46-36-11-5-3-9-34(36)42(59)21-40(46)57/h3-6,9-12,16-19,21-22,29,31-32,38-39,55,59H,7-8,13-15,20,23-28,52H2,1-2H3,(H,56,62)(H3,53,54,63)/t31-,32-,38-,39+/m1/s1. The summed E-state index contributed by atoms with van der Waals surface area (Å²) in [5, 5.41) is 23.1. The molecular weight excluding hydrogens is 853 g/mol. The third kappa shape index (κ3) is 10.3. The fourth-order valence-corrected chi connectivity index (χ4v) is 9.28. The molecular formula is C49H57Cl2N7O6. The molecule has 5 aromatic rings. The lowest BCUT2D eigenvalue weighted by atomic mass is 9.95. The van der Waals surface area contributed by atoms with E-state index in [1.165, 1.54) is 0 Å². The Bertz CT molecular complexity index is 2500. The van der Waals surface area contributed by atoms with Gasteiger partial charge in [-0.15, -0.1) is 23.2 Å². The number of benzene rings is 5. The number of nitrogens with zero attached hydrogens (tertiary/aromatic N) is 2. The van der Waals surface area contributed by atoms with E-state index in [9.17, 15) is 24.3 Å². The number of alkyl halides is 2. The fraction of sp³-hybridized carbons (Fsp3) is 0.388. The Morgan fingerprint density at radius 3 is 1.94 bits per heavy atom. The molecule has 13 nitrogen and oxygen atoms in total. The molecule has 64 heavy (non-hydrogen) atoms. The number of nitrogens with two attached hydrogens (primary N) is 2. The first kappa shape index (κ1) is 46.4. The summed E-state index contributed by atoms with van der Waals surface area (Å²) >= 11 is 13.0. The smallest absolute Gasteiger partial charge is 0.312 e.